The Hall–Kier alpha value is -2.89. The zero-order valence-electron chi connectivity index (χ0n) is 16.3. The Balaban J connectivity index is 1.47. The van der Waals surface area contributed by atoms with E-state index in [9.17, 15) is 4.79 Å². The summed E-state index contributed by atoms with van der Waals surface area (Å²) in [5, 5.41) is 13.1. The molecule has 0 fully saturated rings. The lowest BCUT2D eigenvalue weighted by atomic mass is 10.3. The van der Waals surface area contributed by atoms with Crippen LogP contribution in [0.2, 0.25) is 0 Å². The number of nitrogens with one attached hydrogen (secondary N) is 2. The van der Waals surface area contributed by atoms with E-state index >= 15 is 0 Å². The first-order valence-corrected chi connectivity index (χ1v) is 11.1. The first kappa shape index (κ1) is 20.4. The van der Waals surface area contributed by atoms with Crippen LogP contribution >= 0.6 is 34.9 Å². The van der Waals surface area contributed by atoms with Gasteiger partial charge in [-0.1, -0.05) is 17.4 Å². The zero-order valence-corrected chi connectivity index (χ0v) is 18.7. The maximum atomic E-state index is 12.5. The minimum Gasteiger partial charge on any atom is -0.459 e. The van der Waals surface area contributed by atoms with Gasteiger partial charge in [0, 0.05) is 11.9 Å². The molecule has 0 saturated heterocycles. The topological polar surface area (TPSA) is 102 Å². The van der Waals surface area contributed by atoms with E-state index in [0.717, 1.165) is 21.3 Å². The summed E-state index contributed by atoms with van der Waals surface area (Å²) in [5.41, 5.74) is 1.45. The molecule has 30 heavy (non-hydrogen) atoms. The molecule has 154 valence electrons. The van der Waals surface area contributed by atoms with Crippen LogP contribution in [0.3, 0.4) is 0 Å². The van der Waals surface area contributed by atoms with E-state index < -0.39 is 0 Å². The number of allylic oxidation sites excluding steroid dienone is 1. The van der Waals surface area contributed by atoms with Crippen LogP contribution in [0.5, 0.6) is 0 Å². The Labute approximate surface area is 185 Å². The third-order valence-electron chi connectivity index (χ3n) is 4.16. The molecule has 0 bridgehead atoms. The van der Waals surface area contributed by atoms with E-state index in [1.165, 1.54) is 22.7 Å². The highest BCUT2D eigenvalue weighted by Crippen LogP contribution is 2.32. The fourth-order valence-corrected chi connectivity index (χ4v) is 4.79. The number of carbonyl (C=O) groups is 1. The predicted octanol–water partition coefficient (Wildman–Crippen LogP) is 4.76. The molecule has 0 spiro atoms. The van der Waals surface area contributed by atoms with Gasteiger partial charge < -0.3 is 9.73 Å². The third kappa shape index (κ3) is 4.18. The van der Waals surface area contributed by atoms with Gasteiger partial charge in [-0.15, -0.1) is 17.9 Å². The molecule has 0 atom stereocenters. The fraction of sp³-hybridized carbons (Fsp3) is 0.211. The lowest BCUT2D eigenvalue weighted by Gasteiger charge is -2.01. The minimum absolute atomic E-state index is 0.152. The Morgan fingerprint density at radius 3 is 2.97 bits per heavy atom. The van der Waals surface area contributed by atoms with Crippen molar-refractivity contribution in [2.75, 3.05) is 5.32 Å². The zero-order chi connectivity index (χ0) is 21.3. The SMILES string of the molecule is C=CCn1c(-c2sc(NC(=O)Cc3csc(-c4ccc(C)o4)n3)nc2C)n[nH]c1=S. The highest BCUT2D eigenvalue weighted by Gasteiger charge is 2.18. The second-order valence-electron chi connectivity index (χ2n) is 6.46. The second kappa shape index (κ2) is 8.46. The van der Waals surface area contributed by atoms with E-state index in [1.54, 1.807) is 6.08 Å². The van der Waals surface area contributed by atoms with Crippen molar-refractivity contribution in [3.63, 3.8) is 0 Å². The summed E-state index contributed by atoms with van der Waals surface area (Å²) in [6.45, 7) is 8.04. The first-order chi connectivity index (χ1) is 14.4. The van der Waals surface area contributed by atoms with Crippen molar-refractivity contribution < 1.29 is 9.21 Å². The molecule has 4 heterocycles. The Morgan fingerprint density at radius 1 is 1.40 bits per heavy atom. The third-order valence-corrected chi connectivity index (χ3v) is 6.45. The van der Waals surface area contributed by atoms with Gasteiger partial charge in [0.1, 0.15) is 5.76 Å². The monoisotopic (exact) mass is 458 g/mol. The summed E-state index contributed by atoms with van der Waals surface area (Å²) in [5.74, 6) is 2.02. The van der Waals surface area contributed by atoms with Crippen LogP contribution in [-0.2, 0) is 17.8 Å². The number of thiazole rings is 2. The van der Waals surface area contributed by atoms with Crippen molar-refractivity contribution in [2.45, 2.75) is 26.8 Å². The maximum absolute atomic E-state index is 12.5. The second-order valence-corrected chi connectivity index (χ2v) is 8.71. The Bertz CT molecular complexity index is 1280. The van der Waals surface area contributed by atoms with Crippen LogP contribution in [0.25, 0.3) is 21.5 Å². The molecule has 0 aromatic carbocycles. The van der Waals surface area contributed by atoms with Crippen molar-refractivity contribution in [1.82, 2.24) is 24.7 Å². The summed E-state index contributed by atoms with van der Waals surface area (Å²) in [4.78, 5) is 22.3. The van der Waals surface area contributed by atoms with Gasteiger partial charge in [-0.3, -0.25) is 14.5 Å². The van der Waals surface area contributed by atoms with Crippen LogP contribution in [0, 0.1) is 18.6 Å². The molecule has 0 radical (unpaired) electrons. The highest BCUT2D eigenvalue weighted by molar-refractivity contribution is 7.71. The number of aryl methyl sites for hydroxylation is 2. The number of hydrogen-bond donors (Lipinski definition) is 2. The van der Waals surface area contributed by atoms with Gasteiger partial charge in [0.05, 0.1) is 22.7 Å². The largest absolute Gasteiger partial charge is 0.459 e. The minimum atomic E-state index is -0.187. The smallest absolute Gasteiger partial charge is 0.232 e. The van der Waals surface area contributed by atoms with Crippen molar-refractivity contribution in [1.29, 1.82) is 0 Å². The number of amides is 1. The normalized spacial score (nSPS) is 11.0. The Morgan fingerprint density at radius 2 is 2.23 bits per heavy atom. The van der Waals surface area contributed by atoms with Gasteiger partial charge in [-0.2, -0.15) is 5.10 Å². The van der Waals surface area contributed by atoms with Crippen LogP contribution in [0.1, 0.15) is 17.1 Å². The van der Waals surface area contributed by atoms with Crippen LogP contribution in [0.4, 0.5) is 5.13 Å². The van der Waals surface area contributed by atoms with E-state index in [2.05, 4.69) is 32.1 Å². The number of aromatic amines is 1. The summed E-state index contributed by atoms with van der Waals surface area (Å²) >= 11 is 8.06. The number of hydrogen-bond acceptors (Lipinski definition) is 8. The average molecular weight is 459 g/mol. The first-order valence-electron chi connectivity index (χ1n) is 8.99. The molecule has 0 saturated carbocycles. The molecule has 1 amide bonds. The van der Waals surface area contributed by atoms with E-state index in [1.807, 2.05) is 35.9 Å². The molecule has 2 N–H and O–H groups in total. The molecular formula is C19H18N6O2S3. The fourth-order valence-electron chi connectivity index (χ4n) is 2.83. The molecule has 4 aromatic heterocycles. The van der Waals surface area contributed by atoms with E-state index in [-0.39, 0.29) is 12.3 Å². The molecule has 4 rings (SSSR count). The number of nitrogens with zero attached hydrogens (tertiary/aromatic N) is 4. The van der Waals surface area contributed by atoms with Gasteiger partial charge in [-0.25, -0.2) is 9.97 Å². The average Bonchev–Trinajstić information content (AvgIpc) is 3.46. The molecular weight excluding hydrogens is 440 g/mol. The highest BCUT2D eigenvalue weighted by atomic mass is 32.1. The quantitative estimate of drug-likeness (QED) is 0.306. The molecule has 0 aliphatic carbocycles. The van der Waals surface area contributed by atoms with Gasteiger partial charge in [-0.05, 0) is 38.2 Å². The summed E-state index contributed by atoms with van der Waals surface area (Å²) in [6, 6.07) is 3.76. The Kier molecular flexibility index (Phi) is 5.75. The maximum Gasteiger partial charge on any atom is 0.232 e. The molecule has 0 aliphatic heterocycles. The van der Waals surface area contributed by atoms with Crippen molar-refractivity contribution in [2.24, 2.45) is 0 Å². The number of furan rings is 1. The predicted molar refractivity (Wildman–Crippen MR) is 120 cm³/mol. The number of anilines is 1. The number of carbonyl (C=O) groups excluding carboxylic acids is 1. The number of H-pyrrole nitrogens is 1. The van der Waals surface area contributed by atoms with Crippen LogP contribution in [0.15, 0.2) is 34.6 Å². The summed E-state index contributed by atoms with van der Waals surface area (Å²) in [7, 11) is 0. The van der Waals surface area contributed by atoms with Gasteiger partial charge in [0.2, 0.25) is 5.91 Å². The van der Waals surface area contributed by atoms with E-state index in [0.29, 0.717) is 33.7 Å². The van der Waals surface area contributed by atoms with Crippen molar-refractivity contribution >= 4 is 45.9 Å². The number of aromatic nitrogens is 5. The van der Waals surface area contributed by atoms with Crippen molar-refractivity contribution in [3.8, 4) is 21.5 Å². The van der Waals surface area contributed by atoms with Gasteiger partial charge in [0.15, 0.2) is 26.5 Å². The van der Waals surface area contributed by atoms with Crippen LogP contribution < -0.4 is 5.32 Å². The molecule has 0 unspecified atom stereocenters. The molecule has 11 heteroatoms. The molecule has 0 aliphatic rings. The number of rotatable bonds is 7. The lowest BCUT2D eigenvalue weighted by molar-refractivity contribution is -0.115. The lowest BCUT2D eigenvalue weighted by Crippen LogP contribution is -2.14. The van der Waals surface area contributed by atoms with Gasteiger partial charge >= 0.3 is 0 Å². The van der Waals surface area contributed by atoms with Crippen molar-refractivity contribution in [3.05, 3.63) is 52.1 Å². The summed E-state index contributed by atoms with van der Waals surface area (Å²) < 4.78 is 7.93. The summed E-state index contributed by atoms with van der Waals surface area (Å²) in [6.07, 6.45) is 1.90. The standard InChI is InChI=1S/C19H18N6O2S3/c1-4-7-25-16(23-24-19(25)28)15-11(3)20-18(30-15)22-14(26)8-12-9-29-17(21-12)13-6-5-10(2)27-13/h4-6,9H,1,7-8H2,2-3H3,(H,24,28)(H,20,22,26). The molecule has 8 nitrogen and oxygen atoms in total. The molecule has 4 aromatic rings. The van der Waals surface area contributed by atoms with Gasteiger partial charge in [0.25, 0.3) is 0 Å². The van der Waals surface area contributed by atoms with Crippen LogP contribution in [-0.4, -0.2) is 30.6 Å². The van der Waals surface area contributed by atoms with E-state index in [4.69, 9.17) is 16.6 Å².